The number of anilines is 1. The Morgan fingerprint density at radius 1 is 1.40 bits per heavy atom. The Morgan fingerprint density at radius 2 is 2.12 bits per heavy atom. The zero-order valence-electron chi connectivity index (χ0n) is 12.9. The van der Waals surface area contributed by atoms with Crippen LogP contribution in [0.5, 0.6) is 0 Å². The van der Waals surface area contributed by atoms with Crippen molar-refractivity contribution < 1.29 is 14.0 Å². The number of thiocarbonyl (C=S) groups is 1. The average Bonchev–Trinajstić information content (AvgIpc) is 3.17. The van der Waals surface area contributed by atoms with Gasteiger partial charge in [0.25, 0.3) is 5.91 Å². The quantitative estimate of drug-likeness (QED) is 0.636. The van der Waals surface area contributed by atoms with Gasteiger partial charge in [0, 0.05) is 11.6 Å². The molecule has 1 aliphatic rings. The van der Waals surface area contributed by atoms with E-state index >= 15 is 0 Å². The number of hydrogen-bond donors (Lipinski definition) is 1. The van der Waals surface area contributed by atoms with E-state index in [1.807, 2.05) is 0 Å². The fraction of sp³-hybridized carbons (Fsp3) is 0.125. The lowest BCUT2D eigenvalue weighted by molar-refractivity contribution is -0.129. The summed E-state index contributed by atoms with van der Waals surface area (Å²) in [6, 6.07) is 5.00. The van der Waals surface area contributed by atoms with E-state index < -0.39 is 6.04 Å². The third-order valence-electron chi connectivity index (χ3n) is 3.42. The van der Waals surface area contributed by atoms with Crippen LogP contribution in [0.3, 0.4) is 0 Å². The molecule has 0 saturated carbocycles. The van der Waals surface area contributed by atoms with Crippen molar-refractivity contribution in [2.75, 3.05) is 5.32 Å². The van der Waals surface area contributed by atoms with Crippen LogP contribution < -0.4 is 5.32 Å². The third-order valence-corrected chi connectivity index (χ3v) is 5.44. The largest absolute Gasteiger partial charge is 0.300 e. The molecule has 1 fully saturated rings. The van der Waals surface area contributed by atoms with Crippen LogP contribution in [0.1, 0.15) is 12.5 Å². The summed E-state index contributed by atoms with van der Waals surface area (Å²) in [6.45, 7) is 1.61. The Morgan fingerprint density at radius 3 is 2.76 bits per heavy atom. The highest BCUT2D eigenvalue weighted by Crippen LogP contribution is 2.34. The van der Waals surface area contributed by atoms with Crippen molar-refractivity contribution in [1.29, 1.82) is 0 Å². The molecule has 1 aliphatic heterocycles. The van der Waals surface area contributed by atoms with Crippen LogP contribution in [0.25, 0.3) is 6.08 Å². The first-order valence-corrected chi connectivity index (χ1v) is 9.29. The Bertz CT molecular complexity index is 850. The molecule has 0 spiro atoms. The number of halogens is 1. The number of amides is 2. The highest BCUT2D eigenvalue weighted by atomic mass is 32.2. The smallest absolute Gasteiger partial charge is 0.266 e. The first kappa shape index (κ1) is 17.7. The fourth-order valence-corrected chi connectivity index (χ4v) is 4.09. The lowest BCUT2D eigenvalue weighted by atomic mass is 10.2. The summed E-state index contributed by atoms with van der Waals surface area (Å²) < 4.78 is 13.3. The Labute approximate surface area is 156 Å². The van der Waals surface area contributed by atoms with Crippen LogP contribution in [0.2, 0.25) is 0 Å². The average molecular weight is 393 g/mol. The number of aromatic nitrogens is 1. The Balaban J connectivity index is 1.76. The fourth-order valence-electron chi connectivity index (χ4n) is 2.14. The number of nitrogens with zero attached hydrogens (tertiary/aromatic N) is 2. The van der Waals surface area contributed by atoms with Crippen molar-refractivity contribution in [2.45, 2.75) is 13.0 Å². The maximum atomic E-state index is 13.0. The molecule has 2 aromatic rings. The van der Waals surface area contributed by atoms with E-state index in [1.54, 1.807) is 36.7 Å². The molecule has 0 aliphatic carbocycles. The molecule has 25 heavy (non-hydrogen) atoms. The summed E-state index contributed by atoms with van der Waals surface area (Å²) >= 11 is 7.66. The van der Waals surface area contributed by atoms with E-state index in [4.69, 9.17) is 12.2 Å². The van der Waals surface area contributed by atoms with Crippen LogP contribution in [0.15, 0.2) is 40.7 Å². The predicted octanol–water partition coefficient (Wildman–Crippen LogP) is 3.51. The summed E-state index contributed by atoms with van der Waals surface area (Å²) in [7, 11) is 0. The maximum Gasteiger partial charge on any atom is 0.266 e. The van der Waals surface area contributed by atoms with E-state index in [9.17, 15) is 14.0 Å². The lowest BCUT2D eigenvalue weighted by Crippen LogP contribution is -2.44. The molecule has 1 aromatic carbocycles. The molecule has 2 amide bonds. The van der Waals surface area contributed by atoms with Crippen molar-refractivity contribution in [3.05, 3.63) is 52.1 Å². The number of thiazole rings is 1. The normalized spacial score (nSPS) is 17.2. The molecule has 1 atom stereocenters. The topological polar surface area (TPSA) is 62.3 Å². The van der Waals surface area contributed by atoms with Gasteiger partial charge in [-0.3, -0.25) is 14.5 Å². The molecule has 1 N–H and O–H groups in total. The number of hydrogen-bond acceptors (Lipinski definition) is 6. The highest BCUT2D eigenvalue weighted by molar-refractivity contribution is 8.26. The predicted molar refractivity (Wildman–Crippen MR) is 102 cm³/mol. The second-order valence-corrected chi connectivity index (χ2v) is 7.68. The molecule has 128 valence electrons. The van der Waals surface area contributed by atoms with Crippen LogP contribution in [0, 0.1) is 5.82 Å². The second kappa shape index (κ2) is 7.42. The molecule has 1 saturated heterocycles. The molecular weight excluding hydrogens is 381 g/mol. The molecule has 5 nitrogen and oxygen atoms in total. The Hall–Kier alpha value is -2.10. The van der Waals surface area contributed by atoms with Gasteiger partial charge in [0.2, 0.25) is 5.91 Å². The van der Waals surface area contributed by atoms with Gasteiger partial charge in [-0.25, -0.2) is 9.37 Å². The van der Waals surface area contributed by atoms with Gasteiger partial charge >= 0.3 is 0 Å². The van der Waals surface area contributed by atoms with E-state index in [0.29, 0.717) is 19.9 Å². The zero-order valence-corrected chi connectivity index (χ0v) is 15.4. The number of benzene rings is 1. The first-order chi connectivity index (χ1) is 12.0. The van der Waals surface area contributed by atoms with Crippen molar-refractivity contribution in [3.8, 4) is 0 Å². The van der Waals surface area contributed by atoms with Crippen molar-refractivity contribution >= 4 is 62.7 Å². The summed E-state index contributed by atoms with van der Waals surface area (Å²) in [5, 5.41) is 4.86. The summed E-state index contributed by atoms with van der Waals surface area (Å²) in [4.78, 5) is 30.6. The highest BCUT2D eigenvalue weighted by Gasteiger charge is 2.38. The van der Waals surface area contributed by atoms with E-state index in [-0.39, 0.29) is 17.6 Å². The standard InChI is InChI=1S/C16H12FN3O2S3/c1-9(13(21)19-15-18-6-7-24-15)20-14(22)12(25-16(20)23)8-10-2-4-11(17)5-3-10/h2-9H,1H3,(H,18,19,21)/b12-8-. The molecular formula is C16H12FN3O2S3. The van der Waals surface area contributed by atoms with Crippen molar-refractivity contribution in [3.63, 3.8) is 0 Å². The van der Waals surface area contributed by atoms with Gasteiger partial charge in [-0.05, 0) is 30.7 Å². The van der Waals surface area contributed by atoms with Gasteiger partial charge in [-0.2, -0.15) is 0 Å². The maximum absolute atomic E-state index is 13.0. The van der Waals surface area contributed by atoms with Gasteiger partial charge in [-0.15, -0.1) is 11.3 Å². The van der Waals surface area contributed by atoms with Crippen molar-refractivity contribution in [2.24, 2.45) is 0 Å². The second-order valence-electron chi connectivity index (χ2n) is 5.11. The minimum absolute atomic E-state index is 0.306. The number of carbonyl (C=O) groups is 2. The van der Waals surface area contributed by atoms with E-state index in [0.717, 1.165) is 11.8 Å². The van der Waals surface area contributed by atoms with Crippen LogP contribution in [-0.2, 0) is 9.59 Å². The molecule has 9 heteroatoms. The summed E-state index contributed by atoms with van der Waals surface area (Å²) in [5.74, 6) is -1.06. The van der Waals surface area contributed by atoms with Crippen molar-refractivity contribution in [1.82, 2.24) is 9.88 Å². The summed E-state index contributed by atoms with van der Waals surface area (Å²) in [5.41, 5.74) is 0.682. The SMILES string of the molecule is CC(C(=O)Nc1nccs1)N1C(=O)/C(=C/c2ccc(F)cc2)SC1=S. The molecule has 0 radical (unpaired) electrons. The molecule has 2 heterocycles. The minimum atomic E-state index is -0.768. The van der Waals surface area contributed by atoms with Gasteiger partial charge < -0.3 is 5.32 Å². The minimum Gasteiger partial charge on any atom is -0.300 e. The van der Waals surface area contributed by atoms with Gasteiger partial charge in [-0.1, -0.05) is 36.1 Å². The number of rotatable bonds is 4. The van der Waals surface area contributed by atoms with E-state index in [1.165, 1.54) is 28.4 Å². The molecule has 0 bridgehead atoms. The molecule has 1 aromatic heterocycles. The van der Waals surface area contributed by atoms with Crippen LogP contribution >= 0.6 is 35.3 Å². The van der Waals surface area contributed by atoms with Crippen LogP contribution in [-0.4, -0.2) is 32.1 Å². The zero-order chi connectivity index (χ0) is 18.0. The molecule has 1 unspecified atom stereocenters. The van der Waals surface area contributed by atoms with Crippen LogP contribution in [0.4, 0.5) is 9.52 Å². The van der Waals surface area contributed by atoms with E-state index in [2.05, 4.69) is 10.3 Å². The lowest BCUT2D eigenvalue weighted by Gasteiger charge is -2.21. The molecule has 3 rings (SSSR count). The van der Waals surface area contributed by atoms with Gasteiger partial charge in [0.15, 0.2) is 5.13 Å². The van der Waals surface area contributed by atoms with Gasteiger partial charge in [0.05, 0.1) is 4.91 Å². The number of carbonyl (C=O) groups excluding carboxylic acids is 2. The first-order valence-electron chi connectivity index (χ1n) is 7.18. The Kier molecular flexibility index (Phi) is 5.26. The van der Waals surface area contributed by atoms with Gasteiger partial charge in [0.1, 0.15) is 16.2 Å². The number of nitrogens with one attached hydrogen (secondary N) is 1. The third kappa shape index (κ3) is 3.94. The summed E-state index contributed by atoms with van der Waals surface area (Å²) in [6.07, 6.45) is 3.21. The number of thioether (sulfide) groups is 1. The monoisotopic (exact) mass is 393 g/mol.